The summed E-state index contributed by atoms with van der Waals surface area (Å²) in [5, 5.41) is 3.40. The number of nitrogens with zero attached hydrogens (tertiary/aromatic N) is 1. The number of carbonyl (C=O) groups is 1. The number of rotatable bonds is 5. The van der Waals surface area contributed by atoms with E-state index >= 15 is 0 Å². The van der Waals surface area contributed by atoms with Crippen LogP contribution < -0.4 is 5.32 Å². The molecule has 1 N–H and O–H groups in total. The molecule has 94 valence electrons. The average Bonchev–Trinajstić information content (AvgIpc) is 2.29. The van der Waals surface area contributed by atoms with Crippen LogP contribution in [0, 0.1) is 0 Å². The molecule has 0 aromatic carbocycles. The average molecular weight is 262 g/mol. The molecule has 5 heteroatoms. The SMILES string of the molecule is CSCC(C)N(C)C(=O)CC1CSCCN1. The van der Waals surface area contributed by atoms with Crippen LogP contribution in [0.15, 0.2) is 0 Å². The third-order valence-corrected chi connectivity index (χ3v) is 4.83. The number of carbonyl (C=O) groups excluding carboxylic acids is 1. The van der Waals surface area contributed by atoms with E-state index in [1.807, 2.05) is 23.7 Å². The second kappa shape index (κ2) is 7.45. The van der Waals surface area contributed by atoms with E-state index in [9.17, 15) is 4.79 Å². The summed E-state index contributed by atoms with van der Waals surface area (Å²) >= 11 is 3.73. The fourth-order valence-corrected chi connectivity index (χ4v) is 3.36. The highest BCUT2D eigenvalue weighted by Gasteiger charge is 2.21. The maximum Gasteiger partial charge on any atom is 0.224 e. The minimum absolute atomic E-state index is 0.265. The molecule has 1 fully saturated rings. The zero-order chi connectivity index (χ0) is 12.0. The van der Waals surface area contributed by atoms with E-state index in [1.165, 1.54) is 5.75 Å². The summed E-state index contributed by atoms with van der Waals surface area (Å²) in [5.41, 5.74) is 0. The van der Waals surface area contributed by atoms with Crippen molar-refractivity contribution in [3.63, 3.8) is 0 Å². The maximum absolute atomic E-state index is 12.0. The molecule has 1 saturated heterocycles. The Balaban J connectivity index is 2.32. The van der Waals surface area contributed by atoms with Crippen molar-refractivity contribution >= 4 is 29.4 Å². The molecule has 16 heavy (non-hydrogen) atoms. The molecule has 1 amide bonds. The predicted molar refractivity (Wildman–Crippen MR) is 74.3 cm³/mol. The van der Waals surface area contributed by atoms with E-state index in [2.05, 4.69) is 18.5 Å². The molecule has 0 saturated carbocycles. The smallest absolute Gasteiger partial charge is 0.224 e. The lowest BCUT2D eigenvalue weighted by Gasteiger charge is -2.28. The number of hydrogen-bond acceptors (Lipinski definition) is 4. The molecular weight excluding hydrogens is 240 g/mol. The zero-order valence-electron chi connectivity index (χ0n) is 10.4. The van der Waals surface area contributed by atoms with Crippen LogP contribution in [0.1, 0.15) is 13.3 Å². The predicted octanol–water partition coefficient (Wildman–Crippen LogP) is 1.29. The van der Waals surface area contributed by atoms with Crippen molar-refractivity contribution < 1.29 is 4.79 Å². The summed E-state index contributed by atoms with van der Waals surface area (Å²) in [5.74, 6) is 3.51. The quantitative estimate of drug-likeness (QED) is 0.809. The second-order valence-electron chi connectivity index (χ2n) is 4.24. The first-order valence-corrected chi connectivity index (χ1v) is 8.25. The van der Waals surface area contributed by atoms with Crippen molar-refractivity contribution in [2.75, 3.05) is 37.1 Å². The molecule has 0 aromatic heterocycles. The number of amides is 1. The lowest BCUT2D eigenvalue weighted by Crippen LogP contribution is -2.44. The fourth-order valence-electron chi connectivity index (χ4n) is 1.70. The van der Waals surface area contributed by atoms with Crippen LogP contribution in [0.5, 0.6) is 0 Å². The summed E-state index contributed by atoms with van der Waals surface area (Å²) in [6.45, 7) is 3.14. The number of thioether (sulfide) groups is 2. The Hall–Kier alpha value is 0.130. The topological polar surface area (TPSA) is 32.3 Å². The molecular formula is C11H22N2OS2. The zero-order valence-corrected chi connectivity index (χ0v) is 12.0. The molecule has 1 aliphatic rings. The molecule has 3 nitrogen and oxygen atoms in total. The van der Waals surface area contributed by atoms with Crippen LogP contribution in [0.2, 0.25) is 0 Å². The Morgan fingerprint density at radius 1 is 1.69 bits per heavy atom. The van der Waals surface area contributed by atoms with E-state index < -0.39 is 0 Å². The third kappa shape index (κ3) is 4.55. The van der Waals surface area contributed by atoms with Gasteiger partial charge in [-0.25, -0.2) is 0 Å². The van der Waals surface area contributed by atoms with E-state index in [4.69, 9.17) is 0 Å². The van der Waals surface area contributed by atoms with Gasteiger partial charge in [-0.15, -0.1) is 0 Å². The Labute approximate surface area is 107 Å². The van der Waals surface area contributed by atoms with Crippen molar-refractivity contribution in [3.05, 3.63) is 0 Å². The maximum atomic E-state index is 12.0. The fraction of sp³-hybridized carbons (Fsp3) is 0.909. The Bertz CT molecular complexity index is 220. The highest BCUT2D eigenvalue weighted by Crippen LogP contribution is 2.12. The number of hydrogen-bond donors (Lipinski definition) is 1. The van der Waals surface area contributed by atoms with Crippen LogP contribution in [0.3, 0.4) is 0 Å². The molecule has 0 aliphatic carbocycles. The van der Waals surface area contributed by atoms with Gasteiger partial charge in [0.05, 0.1) is 0 Å². The van der Waals surface area contributed by atoms with Gasteiger partial charge in [-0.2, -0.15) is 23.5 Å². The van der Waals surface area contributed by atoms with E-state index in [0.29, 0.717) is 18.5 Å². The lowest BCUT2D eigenvalue weighted by molar-refractivity contribution is -0.131. The summed E-state index contributed by atoms with van der Waals surface area (Å²) in [6.07, 6.45) is 2.72. The van der Waals surface area contributed by atoms with Crippen molar-refractivity contribution in [1.82, 2.24) is 10.2 Å². The van der Waals surface area contributed by atoms with E-state index in [0.717, 1.165) is 18.1 Å². The van der Waals surface area contributed by atoms with Gasteiger partial charge in [0.2, 0.25) is 5.91 Å². The monoisotopic (exact) mass is 262 g/mol. The van der Waals surface area contributed by atoms with Gasteiger partial charge in [0.15, 0.2) is 0 Å². The number of nitrogens with one attached hydrogen (secondary N) is 1. The lowest BCUT2D eigenvalue weighted by atomic mass is 10.2. The van der Waals surface area contributed by atoms with Crippen LogP contribution in [0.4, 0.5) is 0 Å². The molecule has 0 radical (unpaired) electrons. The van der Waals surface area contributed by atoms with E-state index in [1.54, 1.807) is 11.8 Å². The first-order valence-electron chi connectivity index (χ1n) is 5.71. The van der Waals surface area contributed by atoms with Gasteiger partial charge < -0.3 is 10.2 Å². The molecule has 0 bridgehead atoms. The molecule has 1 heterocycles. The molecule has 1 rings (SSSR count). The summed E-state index contributed by atoms with van der Waals surface area (Å²) in [7, 11) is 1.92. The minimum Gasteiger partial charge on any atom is -0.342 e. The van der Waals surface area contributed by atoms with Crippen LogP contribution in [-0.4, -0.2) is 60.0 Å². The van der Waals surface area contributed by atoms with Gasteiger partial charge in [0.25, 0.3) is 0 Å². The Morgan fingerprint density at radius 3 is 3.00 bits per heavy atom. The second-order valence-corrected chi connectivity index (χ2v) is 6.30. The third-order valence-electron chi connectivity index (χ3n) is 2.88. The molecule has 2 unspecified atom stereocenters. The first-order chi connectivity index (χ1) is 7.65. The minimum atomic E-state index is 0.265. The van der Waals surface area contributed by atoms with Gasteiger partial charge in [0, 0.05) is 49.4 Å². The van der Waals surface area contributed by atoms with Crippen molar-refractivity contribution in [3.8, 4) is 0 Å². The van der Waals surface area contributed by atoms with Crippen molar-refractivity contribution in [2.24, 2.45) is 0 Å². The van der Waals surface area contributed by atoms with Crippen molar-refractivity contribution in [1.29, 1.82) is 0 Å². The standard InChI is InChI=1S/C11H22N2OS2/c1-9(7-15-3)13(2)11(14)6-10-8-16-5-4-12-10/h9-10,12H,4-8H2,1-3H3. The molecule has 0 aromatic rings. The van der Waals surface area contributed by atoms with Crippen molar-refractivity contribution in [2.45, 2.75) is 25.4 Å². The van der Waals surface area contributed by atoms with Crippen LogP contribution >= 0.6 is 23.5 Å². The molecule has 0 spiro atoms. The summed E-state index contributed by atoms with van der Waals surface area (Å²) in [4.78, 5) is 13.9. The Morgan fingerprint density at radius 2 is 2.44 bits per heavy atom. The van der Waals surface area contributed by atoms with Gasteiger partial charge in [-0.1, -0.05) is 0 Å². The van der Waals surface area contributed by atoms with Gasteiger partial charge >= 0.3 is 0 Å². The van der Waals surface area contributed by atoms with E-state index in [-0.39, 0.29) is 5.91 Å². The van der Waals surface area contributed by atoms with Gasteiger partial charge in [0.1, 0.15) is 0 Å². The molecule has 2 atom stereocenters. The first kappa shape index (κ1) is 14.2. The van der Waals surface area contributed by atoms with Crippen LogP contribution in [-0.2, 0) is 4.79 Å². The largest absolute Gasteiger partial charge is 0.342 e. The molecule has 1 aliphatic heterocycles. The van der Waals surface area contributed by atoms with Gasteiger partial charge in [-0.3, -0.25) is 4.79 Å². The van der Waals surface area contributed by atoms with Crippen LogP contribution in [0.25, 0.3) is 0 Å². The highest BCUT2D eigenvalue weighted by molar-refractivity contribution is 7.99. The normalized spacial score (nSPS) is 22.8. The summed E-state index contributed by atoms with van der Waals surface area (Å²) < 4.78 is 0. The highest BCUT2D eigenvalue weighted by atomic mass is 32.2. The summed E-state index contributed by atoms with van der Waals surface area (Å²) in [6, 6.07) is 0.703. The van der Waals surface area contributed by atoms with Gasteiger partial charge in [-0.05, 0) is 13.2 Å². The Kier molecular flexibility index (Phi) is 6.61.